The number of nitrogen functional groups attached to an aromatic ring is 1. The van der Waals surface area contributed by atoms with E-state index in [4.69, 9.17) is 30.1 Å². The molecular weight excluding hydrogens is 351 g/mol. The van der Waals surface area contributed by atoms with E-state index < -0.39 is 26.8 Å². The number of aromatic nitrogens is 4. The van der Waals surface area contributed by atoms with E-state index in [1.807, 2.05) is 0 Å². The Morgan fingerprint density at radius 3 is 2.57 bits per heavy atom. The summed E-state index contributed by atoms with van der Waals surface area (Å²) in [6.07, 6.45) is 0.642. The van der Waals surface area contributed by atoms with Crippen molar-refractivity contribution >= 4 is 83.7 Å². The van der Waals surface area contributed by atoms with Gasteiger partial charge in [0.1, 0.15) is 18.6 Å². The van der Waals surface area contributed by atoms with Crippen molar-refractivity contribution in [3.63, 3.8) is 0 Å². The van der Waals surface area contributed by atoms with Crippen LogP contribution in [0, 0.1) is 0 Å². The standard InChI is InChI=1S/C9H14N5O6P.2Na/c10-8-7-9(12-2-11-8)14(3-13-7)4-19-6(1-15)20-5-21(16,17)18;;/h2-3,6,15H,1,4-5H2,(H2,10,11,12)(H2,16,17,18);;. The minimum Gasteiger partial charge on any atom is -0.391 e. The minimum atomic E-state index is -4.33. The van der Waals surface area contributed by atoms with Gasteiger partial charge in [-0.15, -0.1) is 0 Å². The quantitative estimate of drug-likeness (QED) is 0.247. The molecule has 2 heterocycles. The van der Waals surface area contributed by atoms with Crippen LogP contribution in [0.4, 0.5) is 5.82 Å². The van der Waals surface area contributed by atoms with Crippen molar-refractivity contribution in [1.82, 2.24) is 19.5 Å². The topological polar surface area (TPSA) is 166 Å². The molecule has 0 spiro atoms. The van der Waals surface area contributed by atoms with Crippen molar-refractivity contribution in [2.24, 2.45) is 0 Å². The van der Waals surface area contributed by atoms with Gasteiger partial charge in [0.15, 0.2) is 24.1 Å². The van der Waals surface area contributed by atoms with E-state index >= 15 is 0 Å². The molecule has 2 radical (unpaired) electrons. The Balaban J connectivity index is 0.00000242. The van der Waals surface area contributed by atoms with Crippen molar-refractivity contribution in [2.45, 2.75) is 13.0 Å². The van der Waals surface area contributed by atoms with Gasteiger partial charge in [-0.25, -0.2) is 15.0 Å². The summed E-state index contributed by atoms with van der Waals surface area (Å²) in [5.41, 5.74) is 6.45. The number of hydrogen-bond donors (Lipinski definition) is 4. The first-order chi connectivity index (χ1) is 9.90. The van der Waals surface area contributed by atoms with Crippen LogP contribution in [-0.2, 0) is 20.8 Å². The summed E-state index contributed by atoms with van der Waals surface area (Å²) in [5, 5.41) is 9.04. The fourth-order valence-corrected chi connectivity index (χ4v) is 1.85. The molecular formula is C9H14N5Na2O6P. The second-order valence-electron chi connectivity index (χ2n) is 4.01. The molecule has 23 heavy (non-hydrogen) atoms. The summed E-state index contributed by atoms with van der Waals surface area (Å²) in [7, 11) is -4.33. The Bertz CT molecular complexity index is 667. The van der Waals surface area contributed by atoms with Crippen LogP contribution in [0.1, 0.15) is 0 Å². The van der Waals surface area contributed by atoms with E-state index in [1.54, 1.807) is 0 Å². The van der Waals surface area contributed by atoms with Crippen LogP contribution in [0.15, 0.2) is 12.7 Å². The average molecular weight is 365 g/mol. The zero-order valence-corrected chi connectivity index (χ0v) is 17.6. The molecule has 0 aliphatic carbocycles. The maximum absolute atomic E-state index is 10.7. The third kappa shape index (κ3) is 7.02. The van der Waals surface area contributed by atoms with Gasteiger partial charge in [-0.2, -0.15) is 0 Å². The molecule has 2 rings (SSSR count). The number of nitrogens with two attached hydrogens (primary N) is 1. The number of imidazole rings is 1. The van der Waals surface area contributed by atoms with Crippen molar-refractivity contribution in [3.8, 4) is 0 Å². The van der Waals surface area contributed by atoms with Gasteiger partial charge in [0.05, 0.1) is 12.9 Å². The summed E-state index contributed by atoms with van der Waals surface area (Å²) in [5.74, 6) is 0.218. The van der Waals surface area contributed by atoms with Crippen molar-refractivity contribution in [2.75, 3.05) is 18.7 Å². The molecule has 0 bridgehead atoms. The second kappa shape index (κ2) is 10.4. The van der Waals surface area contributed by atoms with Crippen LogP contribution in [-0.4, -0.2) is 113 Å². The molecule has 0 amide bonds. The maximum Gasteiger partial charge on any atom is 0.351 e. The summed E-state index contributed by atoms with van der Waals surface area (Å²) < 4.78 is 22.1. The molecule has 11 nitrogen and oxygen atoms in total. The van der Waals surface area contributed by atoms with Gasteiger partial charge >= 0.3 is 7.60 Å². The number of hydrogen-bond acceptors (Lipinski definition) is 8. The third-order valence-corrected chi connectivity index (χ3v) is 2.89. The number of rotatable bonds is 7. The molecule has 0 saturated carbocycles. The Labute approximate surface area is 175 Å². The fourth-order valence-electron chi connectivity index (χ4n) is 1.49. The first kappa shape index (κ1) is 23.4. The number of anilines is 1. The smallest absolute Gasteiger partial charge is 0.351 e. The predicted molar refractivity (Wildman–Crippen MR) is 81.2 cm³/mol. The minimum absolute atomic E-state index is 0. The summed E-state index contributed by atoms with van der Waals surface area (Å²) in [4.78, 5) is 29.2. The monoisotopic (exact) mass is 365 g/mol. The van der Waals surface area contributed by atoms with E-state index in [2.05, 4.69) is 15.0 Å². The first-order valence-electron chi connectivity index (χ1n) is 5.70. The predicted octanol–water partition coefficient (Wildman–Crippen LogP) is -1.91. The summed E-state index contributed by atoms with van der Waals surface area (Å²) in [6.45, 7) is -0.664. The van der Waals surface area contributed by atoms with E-state index in [9.17, 15) is 4.57 Å². The van der Waals surface area contributed by atoms with Gasteiger partial charge in [0.2, 0.25) is 0 Å². The zero-order chi connectivity index (χ0) is 15.5. The molecule has 2 aromatic heterocycles. The molecule has 118 valence electrons. The van der Waals surface area contributed by atoms with Crippen molar-refractivity contribution < 1.29 is 28.9 Å². The SMILES string of the molecule is Nc1ncnc2c1ncn2COC(CO)OCP(=O)(O)O.[Na].[Na]. The largest absolute Gasteiger partial charge is 0.391 e. The van der Waals surface area contributed by atoms with Crippen LogP contribution in [0.25, 0.3) is 11.2 Å². The molecule has 0 saturated heterocycles. The number of nitrogens with zero attached hydrogens (tertiary/aromatic N) is 4. The summed E-state index contributed by atoms with van der Waals surface area (Å²) >= 11 is 0. The molecule has 14 heteroatoms. The number of aliphatic hydroxyl groups is 1. The first-order valence-corrected chi connectivity index (χ1v) is 7.50. The molecule has 1 unspecified atom stereocenters. The van der Waals surface area contributed by atoms with E-state index in [0.29, 0.717) is 11.2 Å². The number of fused-ring (bicyclic) bond motifs is 1. The van der Waals surface area contributed by atoms with Gasteiger partial charge in [-0.05, 0) is 0 Å². The van der Waals surface area contributed by atoms with Crippen LogP contribution < -0.4 is 5.73 Å². The molecule has 5 N–H and O–H groups in total. The van der Waals surface area contributed by atoms with Crippen molar-refractivity contribution in [3.05, 3.63) is 12.7 Å². The normalized spacial score (nSPS) is 12.5. The second-order valence-corrected chi connectivity index (χ2v) is 5.60. The third-order valence-electron chi connectivity index (χ3n) is 2.41. The maximum atomic E-state index is 10.7. The number of ether oxygens (including phenoxy) is 2. The fraction of sp³-hybridized carbons (Fsp3) is 0.444. The number of aliphatic hydroxyl groups excluding tert-OH is 1. The van der Waals surface area contributed by atoms with E-state index in [1.165, 1.54) is 17.2 Å². The van der Waals surface area contributed by atoms with Gasteiger partial charge < -0.3 is 30.1 Å². The molecule has 0 aromatic carbocycles. The van der Waals surface area contributed by atoms with Gasteiger partial charge in [0.25, 0.3) is 0 Å². The van der Waals surface area contributed by atoms with Crippen LogP contribution >= 0.6 is 7.60 Å². The van der Waals surface area contributed by atoms with E-state index in [-0.39, 0.29) is 71.7 Å². The zero-order valence-electron chi connectivity index (χ0n) is 12.7. The Hall–Kier alpha value is 0.380. The average Bonchev–Trinajstić information content (AvgIpc) is 2.83. The molecule has 0 fully saturated rings. The van der Waals surface area contributed by atoms with Crippen molar-refractivity contribution in [1.29, 1.82) is 0 Å². The summed E-state index contributed by atoms with van der Waals surface area (Å²) in [6, 6.07) is 0. The van der Waals surface area contributed by atoms with Gasteiger partial charge in [-0.1, -0.05) is 0 Å². The molecule has 0 aliphatic rings. The molecule has 1 atom stereocenters. The van der Waals surface area contributed by atoms with Gasteiger partial charge in [0, 0.05) is 59.1 Å². The van der Waals surface area contributed by atoms with Crippen LogP contribution in [0.2, 0.25) is 0 Å². The van der Waals surface area contributed by atoms with E-state index in [0.717, 1.165) is 0 Å². The van der Waals surface area contributed by atoms with Crippen LogP contribution in [0.5, 0.6) is 0 Å². The Kier molecular flexibility index (Phi) is 10.6. The Morgan fingerprint density at radius 1 is 1.26 bits per heavy atom. The Morgan fingerprint density at radius 2 is 1.96 bits per heavy atom. The van der Waals surface area contributed by atoms with Gasteiger partial charge in [-0.3, -0.25) is 9.13 Å². The van der Waals surface area contributed by atoms with Crippen LogP contribution in [0.3, 0.4) is 0 Å². The molecule has 0 aliphatic heterocycles. The molecule has 2 aromatic rings.